The van der Waals surface area contributed by atoms with Gasteiger partial charge >= 0.3 is 0 Å². The van der Waals surface area contributed by atoms with Crippen molar-refractivity contribution in [3.8, 4) is 11.5 Å². The van der Waals surface area contributed by atoms with Crippen LogP contribution in [0.4, 0.5) is 17.2 Å². The van der Waals surface area contributed by atoms with Crippen LogP contribution in [0.15, 0.2) is 66.0 Å². The fraction of sp³-hybridized carbons (Fsp3) is 0.286. The van der Waals surface area contributed by atoms with Gasteiger partial charge in [0.2, 0.25) is 0 Å². The molecule has 1 saturated heterocycles. The second-order valence-electron chi connectivity index (χ2n) is 9.08. The Morgan fingerprint density at radius 2 is 1.92 bits per heavy atom. The molecule has 5 rings (SSSR count). The Hall–Kier alpha value is -4.24. The monoisotopic (exact) mass is 498 g/mol. The van der Waals surface area contributed by atoms with Gasteiger partial charge in [0.15, 0.2) is 0 Å². The predicted octanol–water partition coefficient (Wildman–Crippen LogP) is 5.57. The fourth-order valence-corrected chi connectivity index (χ4v) is 4.11. The number of aryl methyl sites for hydroxylation is 2. The molecule has 4 aromatic rings. The molecule has 9 nitrogen and oxygen atoms in total. The van der Waals surface area contributed by atoms with E-state index in [1.807, 2.05) is 62.4 Å². The largest absolute Gasteiger partial charge is 0.465 e. The van der Waals surface area contributed by atoms with Gasteiger partial charge in [-0.1, -0.05) is 0 Å². The molecule has 9 heteroatoms. The number of amidine groups is 1. The second kappa shape index (κ2) is 11.2. The van der Waals surface area contributed by atoms with Crippen LogP contribution in [0.2, 0.25) is 0 Å². The lowest BCUT2D eigenvalue weighted by atomic mass is 10.0. The van der Waals surface area contributed by atoms with E-state index in [1.54, 1.807) is 6.20 Å². The predicted molar refractivity (Wildman–Crippen MR) is 144 cm³/mol. The summed E-state index contributed by atoms with van der Waals surface area (Å²) < 4.78 is 17.1. The highest BCUT2D eigenvalue weighted by Gasteiger charge is 2.15. The van der Waals surface area contributed by atoms with Crippen LogP contribution in [0.1, 0.15) is 24.1 Å². The smallest absolute Gasteiger partial charge is 0.287 e. The van der Waals surface area contributed by atoms with E-state index in [9.17, 15) is 0 Å². The minimum atomic E-state index is 0.146. The minimum Gasteiger partial charge on any atom is -0.465 e. The van der Waals surface area contributed by atoms with Crippen molar-refractivity contribution in [1.29, 1.82) is 0 Å². The summed E-state index contributed by atoms with van der Waals surface area (Å²) in [5.74, 6) is 2.56. The summed E-state index contributed by atoms with van der Waals surface area (Å²) >= 11 is 0. The molecule has 1 fully saturated rings. The number of nitrogens with one attached hydrogen (secondary N) is 1. The number of aromatic nitrogens is 3. The second-order valence-corrected chi connectivity index (χ2v) is 9.08. The lowest BCUT2D eigenvalue weighted by Crippen LogP contribution is -2.24. The van der Waals surface area contributed by atoms with Crippen LogP contribution in [0.3, 0.4) is 0 Å². The van der Waals surface area contributed by atoms with E-state index in [-0.39, 0.29) is 6.02 Å². The molecule has 0 spiro atoms. The molecule has 3 heterocycles. The molecule has 2 aromatic heterocycles. The van der Waals surface area contributed by atoms with Crippen molar-refractivity contribution in [2.45, 2.75) is 26.7 Å². The van der Waals surface area contributed by atoms with Gasteiger partial charge in [-0.25, -0.2) is 9.97 Å². The first-order valence-corrected chi connectivity index (χ1v) is 12.3. The Morgan fingerprint density at radius 3 is 2.70 bits per heavy atom. The third-order valence-electron chi connectivity index (χ3n) is 6.22. The molecule has 0 bridgehead atoms. The van der Waals surface area contributed by atoms with Crippen molar-refractivity contribution >= 4 is 34.1 Å². The molecular formula is C28H30N6O3. The third-order valence-corrected chi connectivity index (χ3v) is 6.22. The average molecular weight is 499 g/mol. The van der Waals surface area contributed by atoms with Crippen LogP contribution in [0, 0.1) is 19.8 Å². The van der Waals surface area contributed by atoms with E-state index in [4.69, 9.17) is 19.9 Å². The van der Waals surface area contributed by atoms with Gasteiger partial charge in [-0.05, 0) is 86.7 Å². The van der Waals surface area contributed by atoms with Gasteiger partial charge in [-0.15, -0.1) is 0 Å². The van der Waals surface area contributed by atoms with E-state index in [0.717, 1.165) is 59.7 Å². The number of aliphatic imine (C=N–C) groups is 1. The Labute approximate surface area is 215 Å². The van der Waals surface area contributed by atoms with Crippen LogP contribution in [0.5, 0.6) is 11.5 Å². The first-order chi connectivity index (χ1) is 18.0. The van der Waals surface area contributed by atoms with Crippen molar-refractivity contribution in [2.75, 3.05) is 25.1 Å². The Kier molecular flexibility index (Phi) is 7.41. The Bertz CT molecular complexity index is 1400. The van der Waals surface area contributed by atoms with E-state index in [0.29, 0.717) is 29.8 Å². The zero-order chi connectivity index (χ0) is 25.6. The zero-order valence-corrected chi connectivity index (χ0v) is 21.0. The number of benzene rings is 2. The highest BCUT2D eigenvalue weighted by atomic mass is 16.5. The molecular weight excluding hydrogens is 468 g/mol. The van der Waals surface area contributed by atoms with Crippen LogP contribution < -0.4 is 15.8 Å². The number of hydrogen-bond donors (Lipinski definition) is 2. The number of anilines is 2. The van der Waals surface area contributed by atoms with Gasteiger partial charge in [0.25, 0.3) is 6.02 Å². The van der Waals surface area contributed by atoms with Gasteiger partial charge in [-0.3, -0.25) is 4.98 Å². The summed E-state index contributed by atoms with van der Waals surface area (Å²) in [5.41, 5.74) is 10.3. The third kappa shape index (κ3) is 6.31. The standard InChI is InChI=1S/C28H30N6O3/c1-18-13-21(5-8-26(18)37-23-6-3-19(2)30-15-23)33-27-24-14-22(4-7-25(24)31-17-32-27)34-28(29)36-16-20-9-11-35-12-10-20/h3-8,13-15,17,20H,9-12,16H2,1-2H3,(H2,29,34)(H,31,32,33). The van der Waals surface area contributed by atoms with Crippen LogP contribution in [-0.4, -0.2) is 40.8 Å². The summed E-state index contributed by atoms with van der Waals surface area (Å²) in [6.07, 6.45) is 5.21. The maximum Gasteiger partial charge on any atom is 0.287 e. The lowest BCUT2D eigenvalue weighted by Gasteiger charge is -2.21. The molecule has 1 aliphatic heterocycles. The molecule has 0 unspecified atom stereocenters. The summed E-state index contributed by atoms with van der Waals surface area (Å²) in [6, 6.07) is 15.5. The number of hydrogen-bond acceptors (Lipinski definition) is 8. The highest BCUT2D eigenvalue weighted by molar-refractivity contribution is 5.93. The van der Waals surface area contributed by atoms with Gasteiger partial charge in [0.1, 0.15) is 23.6 Å². The van der Waals surface area contributed by atoms with Crippen molar-refractivity contribution in [3.63, 3.8) is 0 Å². The molecule has 3 N–H and O–H groups in total. The Balaban J connectivity index is 1.31. The zero-order valence-electron chi connectivity index (χ0n) is 21.0. The number of rotatable bonds is 7. The average Bonchev–Trinajstić information content (AvgIpc) is 2.91. The quantitative estimate of drug-likeness (QED) is 0.251. The van der Waals surface area contributed by atoms with Crippen LogP contribution in [-0.2, 0) is 9.47 Å². The van der Waals surface area contributed by atoms with Crippen LogP contribution in [0.25, 0.3) is 10.9 Å². The molecule has 0 aliphatic carbocycles. The summed E-state index contributed by atoms with van der Waals surface area (Å²) in [5, 5.41) is 4.22. The number of nitrogens with two attached hydrogens (primary N) is 1. The van der Waals surface area contributed by atoms with Gasteiger partial charge in [-0.2, -0.15) is 4.99 Å². The normalized spacial score (nSPS) is 14.5. The molecule has 37 heavy (non-hydrogen) atoms. The molecule has 190 valence electrons. The molecule has 2 aromatic carbocycles. The summed E-state index contributed by atoms with van der Waals surface area (Å²) in [6.45, 7) is 6.02. The highest BCUT2D eigenvalue weighted by Crippen LogP contribution is 2.31. The van der Waals surface area contributed by atoms with E-state index in [2.05, 4.69) is 25.3 Å². The van der Waals surface area contributed by atoms with Crippen molar-refractivity contribution < 1.29 is 14.2 Å². The maximum absolute atomic E-state index is 6.06. The molecule has 0 amide bonds. The SMILES string of the molecule is Cc1ccc(Oc2ccc(Nc3ncnc4ccc(N=C(N)OCC5CCOCC5)cc34)cc2C)cn1. The number of fused-ring (bicyclic) bond motifs is 1. The van der Waals surface area contributed by atoms with Crippen molar-refractivity contribution in [1.82, 2.24) is 15.0 Å². The van der Waals surface area contributed by atoms with E-state index < -0.39 is 0 Å². The van der Waals surface area contributed by atoms with Crippen molar-refractivity contribution in [3.05, 3.63) is 72.3 Å². The topological polar surface area (TPSA) is 117 Å². The van der Waals surface area contributed by atoms with Gasteiger partial charge in [0.05, 0.1) is 24.0 Å². The molecule has 0 radical (unpaired) electrons. The number of pyridine rings is 1. The molecule has 1 aliphatic rings. The van der Waals surface area contributed by atoms with E-state index in [1.165, 1.54) is 6.33 Å². The van der Waals surface area contributed by atoms with E-state index >= 15 is 0 Å². The molecule has 0 saturated carbocycles. The maximum atomic E-state index is 6.06. The lowest BCUT2D eigenvalue weighted by molar-refractivity contribution is 0.0475. The van der Waals surface area contributed by atoms with Crippen LogP contribution >= 0.6 is 0 Å². The Morgan fingerprint density at radius 1 is 1.05 bits per heavy atom. The number of nitrogens with zero attached hydrogens (tertiary/aromatic N) is 4. The molecule has 0 atom stereocenters. The summed E-state index contributed by atoms with van der Waals surface area (Å²) in [7, 11) is 0. The fourth-order valence-electron chi connectivity index (χ4n) is 4.11. The first-order valence-electron chi connectivity index (χ1n) is 12.3. The number of ether oxygens (including phenoxy) is 3. The van der Waals surface area contributed by atoms with Crippen molar-refractivity contribution in [2.24, 2.45) is 16.6 Å². The van der Waals surface area contributed by atoms with Gasteiger partial charge < -0.3 is 25.3 Å². The minimum absolute atomic E-state index is 0.146. The summed E-state index contributed by atoms with van der Waals surface area (Å²) in [4.78, 5) is 17.6. The first kappa shape index (κ1) is 24.5. The van der Waals surface area contributed by atoms with Gasteiger partial charge in [0, 0.05) is 30.0 Å².